The molecule has 1 fully saturated rings. The maximum Gasteiger partial charge on any atom is 0.389 e. The lowest BCUT2D eigenvalue weighted by Gasteiger charge is -2.12. The summed E-state index contributed by atoms with van der Waals surface area (Å²) in [5.41, 5.74) is 0. The van der Waals surface area contributed by atoms with E-state index < -0.39 is 34.8 Å². The molecule has 0 spiro atoms. The summed E-state index contributed by atoms with van der Waals surface area (Å²) in [6.45, 7) is 0.275. The Labute approximate surface area is 110 Å². The fraction of sp³-hybridized carbons (Fsp3) is 1.00. The quantitative estimate of drug-likeness (QED) is 0.767. The van der Waals surface area contributed by atoms with E-state index >= 15 is 0 Å². The van der Waals surface area contributed by atoms with Gasteiger partial charge in [-0.1, -0.05) is 0 Å². The summed E-state index contributed by atoms with van der Waals surface area (Å²) in [5.74, 6) is -0.284. The molecular formula is C10H17ClF3NO2S. The van der Waals surface area contributed by atoms with Crippen LogP contribution in [-0.4, -0.2) is 32.3 Å². The molecule has 0 aromatic rings. The molecule has 0 saturated heterocycles. The van der Waals surface area contributed by atoms with E-state index in [4.69, 9.17) is 11.6 Å². The SMILES string of the molecule is O=S(=O)(CCCC(F)(F)F)NCC1CCC(Cl)C1. The Bertz CT molecular complexity index is 359. The zero-order valence-electron chi connectivity index (χ0n) is 9.84. The van der Waals surface area contributed by atoms with E-state index in [0.717, 1.165) is 19.3 Å². The molecule has 8 heteroatoms. The Morgan fingerprint density at radius 3 is 2.44 bits per heavy atom. The Hall–Kier alpha value is -0.0100. The second-order valence-corrected chi connectivity index (χ2v) is 7.21. The Morgan fingerprint density at radius 1 is 1.28 bits per heavy atom. The summed E-state index contributed by atoms with van der Waals surface area (Å²) < 4.78 is 60.9. The van der Waals surface area contributed by atoms with Crippen LogP contribution in [0.15, 0.2) is 0 Å². The molecule has 1 aliphatic rings. The van der Waals surface area contributed by atoms with Crippen LogP contribution >= 0.6 is 11.6 Å². The number of hydrogen-bond donors (Lipinski definition) is 1. The van der Waals surface area contributed by atoms with Crippen molar-refractivity contribution in [3.63, 3.8) is 0 Å². The Morgan fingerprint density at radius 2 is 1.94 bits per heavy atom. The molecule has 1 rings (SSSR count). The van der Waals surface area contributed by atoms with Gasteiger partial charge in [-0.2, -0.15) is 13.2 Å². The summed E-state index contributed by atoms with van der Waals surface area (Å²) >= 11 is 5.89. The van der Waals surface area contributed by atoms with Crippen LogP contribution in [0.3, 0.4) is 0 Å². The monoisotopic (exact) mass is 307 g/mol. The molecule has 0 amide bonds. The van der Waals surface area contributed by atoms with Crippen molar-refractivity contribution in [2.75, 3.05) is 12.3 Å². The molecule has 1 saturated carbocycles. The van der Waals surface area contributed by atoms with Crippen molar-refractivity contribution in [1.82, 2.24) is 4.72 Å². The first kappa shape index (κ1) is 16.0. The van der Waals surface area contributed by atoms with Gasteiger partial charge in [0.1, 0.15) is 0 Å². The molecule has 0 aromatic carbocycles. The largest absolute Gasteiger partial charge is 0.389 e. The number of hydrogen-bond acceptors (Lipinski definition) is 2. The van der Waals surface area contributed by atoms with Gasteiger partial charge in [-0.3, -0.25) is 0 Å². The molecule has 2 atom stereocenters. The molecule has 0 radical (unpaired) electrons. The lowest BCUT2D eigenvalue weighted by atomic mass is 10.1. The van der Waals surface area contributed by atoms with E-state index in [9.17, 15) is 21.6 Å². The van der Waals surface area contributed by atoms with Crippen LogP contribution < -0.4 is 4.72 Å². The molecule has 0 aromatic heterocycles. The lowest BCUT2D eigenvalue weighted by Crippen LogP contribution is -2.31. The van der Waals surface area contributed by atoms with Crippen molar-refractivity contribution in [2.24, 2.45) is 5.92 Å². The molecule has 0 bridgehead atoms. The smallest absolute Gasteiger partial charge is 0.215 e. The van der Waals surface area contributed by atoms with Crippen molar-refractivity contribution in [3.8, 4) is 0 Å². The third-order valence-electron chi connectivity index (χ3n) is 2.94. The number of alkyl halides is 4. The molecule has 108 valence electrons. The van der Waals surface area contributed by atoms with Gasteiger partial charge in [-0.05, 0) is 31.6 Å². The molecule has 0 aliphatic heterocycles. The second kappa shape index (κ2) is 6.43. The van der Waals surface area contributed by atoms with E-state index in [-0.39, 0.29) is 17.8 Å². The first-order valence-electron chi connectivity index (χ1n) is 5.86. The van der Waals surface area contributed by atoms with Crippen LogP contribution in [0.5, 0.6) is 0 Å². The van der Waals surface area contributed by atoms with Crippen LogP contribution in [0.2, 0.25) is 0 Å². The highest BCUT2D eigenvalue weighted by Crippen LogP contribution is 2.29. The lowest BCUT2D eigenvalue weighted by molar-refractivity contribution is -0.134. The minimum Gasteiger partial charge on any atom is -0.215 e. The van der Waals surface area contributed by atoms with Crippen molar-refractivity contribution in [3.05, 3.63) is 0 Å². The fourth-order valence-corrected chi connectivity index (χ4v) is 3.52. The summed E-state index contributed by atoms with van der Waals surface area (Å²) in [4.78, 5) is 0. The van der Waals surface area contributed by atoms with E-state index in [1.54, 1.807) is 0 Å². The predicted molar refractivity (Wildman–Crippen MR) is 64.1 cm³/mol. The van der Waals surface area contributed by atoms with Gasteiger partial charge >= 0.3 is 6.18 Å². The fourth-order valence-electron chi connectivity index (χ4n) is 1.98. The third kappa shape index (κ3) is 6.80. The van der Waals surface area contributed by atoms with Gasteiger partial charge in [0.05, 0.1) is 5.75 Å². The third-order valence-corrected chi connectivity index (χ3v) is 4.77. The first-order valence-corrected chi connectivity index (χ1v) is 7.95. The van der Waals surface area contributed by atoms with Gasteiger partial charge in [-0.25, -0.2) is 13.1 Å². The van der Waals surface area contributed by atoms with E-state index in [2.05, 4.69) is 4.72 Å². The molecule has 3 nitrogen and oxygen atoms in total. The van der Waals surface area contributed by atoms with Gasteiger partial charge in [0, 0.05) is 18.3 Å². The van der Waals surface area contributed by atoms with Crippen molar-refractivity contribution in [1.29, 1.82) is 0 Å². The molecule has 18 heavy (non-hydrogen) atoms. The molecular weight excluding hydrogens is 291 g/mol. The van der Waals surface area contributed by atoms with Crippen molar-refractivity contribution in [2.45, 2.75) is 43.7 Å². The van der Waals surface area contributed by atoms with Crippen molar-refractivity contribution >= 4 is 21.6 Å². The molecule has 2 unspecified atom stereocenters. The first-order chi connectivity index (χ1) is 8.18. The average Bonchev–Trinajstić information content (AvgIpc) is 2.59. The topological polar surface area (TPSA) is 46.2 Å². The summed E-state index contributed by atoms with van der Waals surface area (Å²) in [7, 11) is -3.60. The zero-order valence-corrected chi connectivity index (χ0v) is 11.4. The average molecular weight is 308 g/mol. The highest BCUT2D eigenvalue weighted by Gasteiger charge is 2.28. The molecule has 0 heterocycles. The molecule has 1 aliphatic carbocycles. The summed E-state index contributed by atoms with van der Waals surface area (Å²) in [6, 6.07) is 0. The predicted octanol–water partition coefficient (Wildman–Crippen LogP) is 2.66. The van der Waals surface area contributed by atoms with E-state index in [1.807, 2.05) is 0 Å². The van der Waals surface area contributed by atoms with Crippen LogP contribution in [0, 0.1) is 5.92 Å². The van der Waals surface area contributed by atoms with Gasteiger partial charge in [0.15, 0.2) is 0 Å². The number of sulfonamides is 1. The Balaban J connectivity index is 2.23. The van der Waals surface area contributed by atoms with Crippen LogP contribution in [0.25, 0.3) is 0 Å². The van der Waals surface area contributed by atoms with Crippen LogP contribution in [-0.2, 0) is 10.0 Å². The highest BCUT2D eigenvalue weighted by atomic mass is 35.5. The minimum atomic E-state index is -4.30. The summed E-state index contributed by atoms with van der Waals surface area (Å²) in [6.07, 6.45) is -3.29. The maximum absolute atomic E-state index is 11.9. The van der Waals surface area contributed by atoms with Gasteiger partial charge < -0.3 is 0 Å². The number of rotatable bonds is 6. The summed E-state index contributed by atoms with van der Waals surface area (Å²) in [5, 5.41) is 0.0877. The van der Waals surface area contributed by atoms with Gasteiger partial charge in [0.25, 0.3) is 0 Å². The highest BCUT2D eigenvalue weighted by molar-refractivity contribution is 7.89. The zero-order chi connectivity index (χ0) is 13.8. The normalized spacial score (nSPS) is 25.6. The maximum atomic E-state index is 11.9. The van der Waals surface area contributed by atoms with Crippen LogP contribution in [0.1, 0.15) is 32.1 Å². The number of halogens is 4. The number of nitrogens with one attached hydrogen (secondary N) is 1. The Kier molecular flexibility index (Phi) is 5.73. The van der Waals surface area contributed by atoms with Gasteiger partial charge in [0.2, 0.25) is 10.0 Å². The van der Waals surface area contributed by atoms with E-state index in [0.29, 0.717) is 0 Å². The molecule has 1 N–H and O–H groups in total. The standard InChI is InChI=1S/C10H17ClF3NO2S/c11-9-3-2-8(6-9)7-15-18(16,17)5-1-4-10(12,13)14/h8-9,15H,1-7H2. The van der Waals surface area contributed by atoms with Gasteiger partial charge in [-0.15, -0.1) is 11.6 Å². The second-order valence-electron chi connectivity index (χ2n) is 4.66. The van der Waals surface area contributed by atoms with Crippen molar-refractivity contribution < 1.29 is 21.6 Å². The van der Waals surface area contributed by atoms with E-state index in [1.165, 1.54) is 0 Å². The van der Waals surface area contributed by atoms with Crippen LogP contribution in [0.4, 0.5) is 13.2 Å². The minimum absolute atomic E-state index is 0.0877.